The van der Waals surface area contributed by atoms with Gasteiger partial charge in [-0.15, -0.1) is 0 Å². The predicted molar refractivity (Wildman–Crippen MR) is 341 cm³/mol. The van der Waals surface area contributed by atoms with E-state index in [1.165, 1.54) is 61.0 Å². The van der Waals surface area contributed by atoms with Gasteiger partial charge in [-0.1, -0.05) is 255 Å². The molecule has 0 amide bonds. The van der Waals surface area contributed by atoms with Crippen LogP contribution in [-0.2, 0) is 10.8 Å². The van der Waals surface area contributed by atoms with Crippen molar-refractivity contribution in [3.05, 3.63) is 372 Å². The largest absolute Gasteiger partial charge is 0.310 e. The van der Waals surface area contributed by atoms with Gasteiger partial charge in [-0.25, -0.2) is 0 Å². The molecule has 0 spiro atoms. The van der Waals surface area contributed by atoms with Crippen LogP contribution in [0.4, 0.5) is 17.1 Å². The molecule has 0 unspecified atom stereocenters. The second kappa shape index (κ2) is 19.1. The predicted octanol–water partition coefficient (Wildman–Crippen LogP) is 20.3. The summed E-state index contributed by atoms with van der Waals surface area (Å²) in [4.78, 5) is 2.25. The molecular weight excluding hydrogens is 989 g/mol. The molecule has 384 valence electrons. The molecule has 16 rings (SSSR count). The second-order valence-corrected chi connectivity index (χ2v) is 21.5. The third-order valence-electron chi connectivity index (χ3n) is 17.4. The Bertz CT molecular complexity index is 4910. The molecule has 1 heterocycles. The van der Waals surface area contributed by atoms with Gasteiger partial charge in [0.05, 0.1) is 28.7 Å². The quantitative estimate of drug-likeness (QED) is 0.133. The molecule has 0 bridgehead atoms. The number of nitrogens with zero attached hydrogens (tertiary/aromatic N) is 2. The first kappa shape index (κ1) is 42.4. The molecule has 0 atom stereocenters. The fourth-order valence-corrected chi connectivity index (χ4v) is 14.0. The molecule has 0 aliphatic heterocycles. The van der Waals surface area contributed by atoms with Gasteiger partial charge in [0.1, 0.15) is 0 Å². The van der Waals surface area contributed by atoms with E-state index >= 15 is 0 Å². The first-order valence-corrected chi connectivity index (χ1v) is 28.1. The average Bonchev–Trinajstić information content (AvgIpc) is 1.59. The van der Waals surface area contributed by atoms with Gasteiger partial charge >= 0.3 is 0 Å². The molecule has 2 heteroatoms. The van der Waals surface area contributed by atoms with Crippen LogP contribution in [0.5, 0.6) is 0 Å². The van der Waals surface area contributed by atoms with Crippen molar-refractivity contribution in [1.29, 1.82) is 0 Å². The highest BCUT2D eigenvalue weighted by atomic mass is 15.1. The summed E-state index contributed by atoms with van der Waals surface area (Å²) >= 11 is 0. The maximum atomic E-state index is 8.83. The number of aromatic nitrogens is 1. The molecular formula is C80H54N2. The number of anilines is 3. The monoisotopic (exact) mass is 1050 g/mol. The molecule has 82 heavy (non-hydrogen) atoms. The molecule has 1 aromatic heterocycles. The number of fused-ring (bicyclic) bond motifs is 9. The molecule has 0 N–H and O–H groups in total. The lowest BCUT2D eigenvalue weighted by Gasteiger charge is -2.34. The number of hydrogen-bond donors (Lipinski definition) is 0. The summed E-state index contributed by atoms with van der Waals surface area (Å²) in [6.07, 6.45) is 0. The Labute approximate surface area is 485 Å². The fraction of sp³-hybridized carbons (Fsp3) is 0.0250. The van der Waals surface area contributed by atoms with Gasteiger partial charge < -0.3 is 9.47 Å². The summed E-state index contributed by atoms with van der Waals surface area (Å²) in [6.45, 7) is 0. The van der Waals surface area contributed by atoms with Crippen molar-refractivity contribution in [2.75, 3.05) is 4.90 Å². The molecule has 0 fully saturated rings. The smallest absolute Gasteiger partial charge is 0.0713 e. The van der Waals surface area contributed by atoms with Crippen molar-refractivity contribution in [3.63, 3.8) is 0 Å². The second-order valence-electron chi connectivity index (χ2n) is 21.5. The maximum Gasteiger partial charge on any atom is 0.0713 e. The molecule has 13 aromatic carbocycles. The lowest BCUT2D eigenvalue weighted by atomic mass is 9.67. The summed E-state index contributed by atoms with van der Waals surface area (Å²) in [7, 11) is 0. The molecule has 0 radical (unpaired) electrons. The van der Waals surface area contributed by atoms with E-state index in [1.807, 2.05) is 24.3 Å². The number of rotatable bonds is 10. The van der Waals surface area contributed by atoms with Crippen molar-refractivity contribution in [1.82, 2.24) is 4.57 Å². The first-order chi connectivity index (χ1) is 42.7. The molecule has 0 saturated carbocycles. The molecule has 2 aliphatic carbocycles. The number of para-hydroxylation sites is 1. The third kappa shape index (κ3) is 7.14. The van der Waals surface area contributed by atoms with Crippen molar-refractivity contribution in [2.24, 2.45) is 0 Å². The van der Waals surface area contributed by atoms with Crippen LogP contribution in [0.25, 0.3) is 72.0 Å². The van der Waals surface area contributed by atoms with Gasteiger partial charge in [-0.2, -0.15) is 0 Å². The van der Waals surface area contributed by atoms with E-state index in [0.29, 0.717) is 5.56 Å². The zero-order valence-corrected chi connectivity index (χ0v) is 44.7. The van der Waals surface area contributed by atoms with Crippen LogP contribution in [0.1, 0.15) is 51.4 Å². The van der Waals surface area contributed by atoms with Crippen molar-refractivity contribution in [3.8, 4) is 50.2 Å². The molecule has 2 aliphatic rings. The Kier molecular flexibility index (Phi) is 9.87. The minimum Gasteiger partial charge on any atom is -0.310 e. The van der Waals surface area contributed by atoms with Crippen molar-refractivity contribution >= 4 is 38.9 Å². The highest BCUT2D eigenvalue weighted by Crippen LogP contribution is 2.59. The van der Waals surface area contributed by atoms with Crippen LogP contribution >= 0.6 is 0 Å². The van der Waals surface area contributed by atoms with E-state index in [9.17, 15) is 0 Å². The Balaban J connectivity index is 0.861. The van der Waals surface area contributed by atoms with Gasteiger partial charge in [0, 0.05) is 33.5 Å². The van der Waals surface area contributed by atoms with Crippen LogP contribution in [0.2, 0.25) is 0 Å². The Morgan fingerprint density at radius 3 is 1.22 bits per heavy atom. The van der Waals surface area contributed by atoms with Gasteiger partial charge in [0.2, 0.25) is 0 Å². The van der Waals surface area contributed by atoms with Crippen molar-refractivity contribution < 1.29 is 6.85 Å². The Morgan fingerprint density at radius 1 is 0.280 bits per heavy atom. The Morgan fingerprint density at radius 2 is 0.683 bits per heavy atom. The summed E-state index contributed by atoms with van der Waals surface area (Å²) < 4.78 is 45.3. The fourth-order valence-electron chi connectivity index (χ4n) is 14.0. The normalized spacial score (nSPS) is 14.2. The summed E-state index contributed by atoms with van der Waals surface area (Å²) in [5.41, 5.74) is 22.4. The van der Waals surface area contributed by atoms with E-state index in [-0.39, 0.29) is 29.7 Å². The molecule has 0 saturated heterocycles. The lowest BCUT2D eigenvalue weighted by Crippen LogP contribution is -2.28. The van der Waals surface area contributed by atoms with Crippen LogP contribution in [0.15, 0.2) is 327 Å². The third-order valence-corrected chi connectivity index (χ3v) is 17.4. The van der Waals surface area contributed by atoms with Crippen LogP contribution in [0, 0.1) is 0 Å². The van der Waals surface area contributed by atoms with E-state index < -0.39 is 16.9 Å². The number of benzene rings is 13. The lowest BCUT2D eigenvalue weighted by molar-refractivity contribution is 0.768. The standard InChI is InChI=1S/C80H54N2/c1-6-22-55(23-7-1)56-38-44-64(45-39-56)81(66-48-49-76-70(54-66)69-34-18-21-37-75(69)79(76,59-24-8-2-9-25-59)60-26-10-3-11-27-60)65-46-40-57(41-47-65)58-42-50-77-71(52-58)72-53-62(43-51-78(72)82(77)63-30-14-5-15-31-63)80(61-28-12-4-13-29-61)73-35-19-16-32-67(73)68-33-17-20-36-74(68)80/h1-54H/i1D,6D,7D,22D,23D. The van der Waals surface area contributed by atoms with E-state index in [0.717, 1.165) is 61.4 Å². The Hall–Kier alpha value is -10.5. The zero-order valence-electron chi connectivity index (χ0n) is 49.7. The van der Waals surface area contributed by atoms with Crippen LogP contribution < -0.4 is 4.90 Å². The van der Waals surface area contributed by atoms with Crippen molar-refractivity contribution in [2.45, 2.75) is 10.8 Å². The molecule has 14 aromatic rings. The first-order valence-electron chi connectivity index (χ1n) is 30.6. The number of hydrogen-bond acceptors (Lipinski definition) is 1. The maximum absolute atomic E-state index is 8.83. The van der Waals surface area contributed by atoms with Gasteiger partial charge in [-0.3, -0.25) is 0 Å². The minimum atomic E-state index is -0.572. The summed E-state index contributed by atoms with van der Waals surface area (Å²) in [5.74, 6) is 0. The summed E-state index contributed by atoms with van der Waals surface area (Å²) in [5, 5.41) is 2.32. The van der Waals surface area contributed by atoms with Gasteiger partial charge in [0.15, 0.2) is 0 Å². The minimum absolute atomic E-state index is 0.167. The van der Waals surface area contributed by atoms with E-state index in [2.05, 4.69) is 282 Å². The van der Waals surface area contributed by atoms with E-state index in [1.54, 1.807) is 0 Å². The highest BCUT2D eigenvalue weighted by molar-refractivity contribution is 6.11. The zero-order chi connectivity index (χ0) is 58.5. The van der Waals surface area contributed by atoms with Crippen LogP contribution in [-0.4, -0.2) is 4.57 Å². The summed E-state index contributed by atoms with van der Waals surface area (Å²) in [6, 6.07) is 106. The topological polar surface area (TPSA) is 8.17 Å². The SMILES string of the molecule is [2H]c1c([2H])c([2H])c(-c2ccc(N(c3ccc(-c4ccc5c(c4)c4cc(C6(c7ccccc7)c7ccccc7-c7ccccc76)ccc4n5-c4ccccc4)cc3)c3ccc4c(c3)-c3ccccc3C4(c3ccccc3)c3ccccc3)cc2)c([2H])c1[2H]. The van der Waals surface area contributed by atoms with Gasteiger partial charge in [0.25, 0.3) is 0 Å². The average molecular weight is 1050 g/mol. The highest BCUT2D eigenvalue weighted by Gasteiger charge is 2.47. The van der Waals surface area contributed by atoms with Gasteiger partial charge in [-0.05, 0) is 162 Å². The van der Waals surface area contributed by atoms with E-state index in [4.69, 9.17) is 6.85 Å². The molecule has 2 nitrogen and oxygen atoms in total. The van der Waals surface area contributed by atoms with Crippen LogP contribution in [0.3, 0.4) is 0 Å².